The van der Waals surface area contributed by atoms with E-state index >= 15 is 0 Å². The SMILES string of the molecule is CCN(CC(=O)N(C)C1CCCCC1)CC(C)(C)CN. The van der Waals surface area contributed by atoms with Gasteiger partial charge >= 0.3 is 0 Å². The van der Waals surface area contributed by atoms with Crippen molar-refractivity contribution in [1.29, 1.82) is 0 Å². The highest BCUT2D eigenvalue weighted by Gasteiger charge is 2.25. The Bertz CT molecular complexity index is 298. The second-order valence-electron chi connectivity index (χ2n) is 6.97. The number of hydrogen-bond donors (Lipinski definition) is 1. The summed E-state index contributed by atoms with van der Waals surface area (Å²) in [7, 11) is 1.97. The summed E-state index contributed by atoms with van der Waals surface area (Å²) >= 11 is 0. The molecule has 0 aromatic rings. The molecule has 0 aromatic heterocycles. The largest absolute Gasteiger partial charge is 0.342 e. The molecule has 2 N–H and O–H groups in total. The van der Waals surface area contributed by atoms with Gasteiger partial charge in [-0.1, -0.05) is 40.0 Å². The maximum atomic E-state index is 12.4. The average molecular weight is 283 g/mol. The standard InChI is InChI=1S/C16H33N3O/c1-5-19(13-16(2,3)12-17)11-15(20)18(4)14-9-7-6-8-10-14/h14H,5-13,17H2,1-4H3. The van der Waals surface area contributed by atoms with Crippen molar-refractivity contribution in [2.24, 2.45) is 11.1 Å². The quantitative estimate of drug-likeness (QED) is 0.778. The molecule has 1 rings (SSSR count). The van der Waals surface area contributed by atoms with Crippen LogP contribution in [-0.2, 0) is 4.79 Å². The van der Waals surface area contributed by atoms with E-state index in [1.807, 2.05) is 11.9 Å². The molecule has 1 fully saturated rings. The Labute approximate surface area is 124 Å². The van der Waals surface area contributed by atoms with Crippen molar-refractivity contribution < 1.29 is 4.79 Å². The minimum atomic E-state index is 0.0691. The van der Waals surface area contributed by atoms with Gasteiger partial charge in [-0.15, -0.1) is 0 Å². The summed E-state index contributed by atoms with van der Waals surface area (Å²) in [5.74, 6) is 0.256. The molecule has 20 heavy (non-hydrogen) atoms. The lowest BCUT2D eigenvalue weighted by Gasteiger charge is -2.35. The first-order valence-electron chi connectivity index (χ1n) is 8.07. The Kier molecular flexibility index (Phi) is 6.96. The third kappa shape index (κ3) is 5.41. The highest BCUT2D eigenvalue weighted by molar-refractivity contribution is 5.78. The summed E-state index contributed by atoms with van der Waals surface area (Å²) in [6.45, 7) is 9.37. The van der Waals surface area contributed by atoms with Gasteiger partial charge in [-0.2, -0.15) is 0 Å². The third-order valence-corrected chi connectivity index (χ3v) is 4.53. The molecule has 4 nitrogen and oxygen atoms in total. The zero-order chi connectivity index (χ0) is 15.2. The van der Waals surface area contributed by atoms with Crippen molar-refractivity contribution in [2.75, 3.05) is 33.2 Å². The van der Waals surface area contributed by atoms with E-state index in [-0.39, 0.29) is 11.3 Å². The summed E-state index contributed by atoms with van der Waals surface area (Å²) < 4.78 is 0. The molecular weight excluding hydrogens is 250 g/mol. The van der Waals surface area contributed by atoms with E-state index in [0.29, 0.717) is 19.1 Å². The van der Waals surface area contributed by atoms with E-state index in [1.165, 1.54) is 32.1 Å². The van der Waals surface area contributed by atoms with E-state index in [0.717, 1.165) is 13.1 Å². The van der Waals surface area contributed by atoms with Crippen molar-refractivity contribution in [3.63, 3.8) is 0 Å². The molecular formula is C16H33N3O. The number of rotatable bonds is 7. The number of nitrogens with two attached hydrogens (primary N) is 1. The monoisotopic (exact) mass is 283 g/mol. The van der Waals surface area contributed by atoms with Crippen LogP contribution in [0, 0.1) is 5.41 Å². The first-order valence-corrected chi connectivity index (χ1v) is 8.07. The molecule has 0 atom stereocenters. The van der Waals surface area contributed by atoms with Crippen molar-refractivity contribution in [3.8, 4) is 0 Å². The molecule has 1 amide bonds. The highest BCUT2D eigenvalue weighted by atomic mass is 16.2. The Morgan fingerprint density at radius 1 is 1.25 bits per heavy atom. The van der Waals surface area contributed by atoms with E-state index in [1.54, 1.807) is 0 Å². The van der Waals surface area contributed by atoms with Crippen LogP contribution in [0.5, 0.6) is 0 Å². The van der Waals surface area contributed by atoms with Crippen molar-refractivity contribution in [1.82, 2.24) is 9.80 Å². The Morgan fingerprint density at radius 2 is 1.85 bits per heavy atom. The van der Waals surface area contributed by atoms with Crippen molar-refractivity contribution >= 4 is 5.91 Å². The minimum Gasteiger partial charge on any atom is -0.342 e. The highest BCUT2D eigenvalue weighted by Crippen LogP contribution is 2.22. The summed E-state index contributed by atoms with van der Waals surface area (Å²) in [4.78, 5) is 16.6. The normalized spacial score (nSPS) is 17.5. The smallest absolute Gasteiger partial charge is 0.236 e. The van der Waals surface area contributed by atoms with Crippen molar-refractivity contribution in [2.45, 2.75) is 58.9 Å². The van der Waals surface area contributed by atoms with Gasteiger partial charge in [0.1, 0.15) is 0 Å². The number of carbonyl (C=O) groups excluding carboxylic acids is 1. The van der Waals surface area contributed by atoms with E-state index in [2.05, 4.69) is 25.7 Å². The molecule has 4 heteroatoms. The van der Waals surface area contributed by atoms with Gasteiger partial charge in [-0.25, -0.2) is 0 Å². The fraction of sp³-hybridized carbons (Fsp3) is 0.938. The van der Waals surface area contributed by atoms with Gasteiger partial charge in [0.05, 0.1) is 6.54 Å². The number of carbonyl (C=O) groups is 1. The lowest BCUT2D eigenvalue weighted by molar-refractivity contribution is -0.134. The lowest BCUT2D eigenvalue weighted by atomic mass is 9.93. The Hall–Kier alpha value is -0.610. The third-order valence-electron chi connectivity index (χ3n) is 4.53. The van der Waals surface area contributed by atoms with Crippen LogP contribution in [0.15, 0.2) is 0 Å². The predicted octanol–water partition coefficient (Wildman–Crippen LogP) is 2.08. The predicted molar refractivity (Wildman–Crippen MR) is 84.6 cm³/mol. The van der Waals surface area contributed by atoms with Gasteiger partial charge in [-0.05, 0) is 31.3 Å². The van der Waals surface area contributed by atoms with E-state index < -0.39 is 0 Å². The molecule has 1 aliphatic carbocycles. The first kappa shape index (κ1) is 17.4. The molecule has 0 aliphatic heterocycles. The van der Waals surface area contributed by atoms with Crippen LogP contribution in [-0.4, -0.2) is 55.0 Å². The molecule has 0 aromatic carbocycles. The van der Waals surface area contributed by atoms with E-state index in [9.17, 15) is 4.79 Å². The fourth-order valence-corrected chi connectivity index (χ4v) is 2.92. The topological polar surface area (TPSA) is 49.6 Å². The number of nitrogens with zero attached hydrogens (tertiary/aromatic N) is 2. The molecule has 1 aliphatic rings. The molecule has 0 spiro atoms. The van der Waals surface area contributed by atoms with Gasteiger partial charge < -0.3 is 10.6 Å². The second kappa shape index (κ2) is 7.99. The maximum Gasteiger partial charge on any atom is 0.236 e. The zero-order valence-corrected chi connectivity index (χ0v) is 13.8. The van der Waals surface area contributed by atoms with Crippen LogP contribution >= 0.6 is 0 Å². The summed E-state index contributed by atoms with van der Waals surface area (Å²) in [5, 5.41) is 0. The molecule has 1 saturated carbocycles. The number of hydrogen-bond acceptors (Lipinski definition) is 3. The van der Waals surface area contributed by atoms with Gasteiger partial charge in [0.15, 0.2) is 0 Å². The number of amides is 1. The molecule has 0 saturated heterocycles. The first-order chi connectivity index (χ1) is 9.39. The molecule has 0 unspecified atom stereocenters. The molecule has 0 heterocycles. The second-order valence-corrected chi connectivity index (χ2v) is 6.97. The van der Waals surface area contributed by atoms with Gasteiger partial charge in [0.2, 0.25) is 5.91 Å². The molecule has 0 bridgehead atoms. The minimum absolute atomic E-state index is 0.0691. The van der Waals surface area contributed by atoms with E-state index in [4.69, 9.17) is 5.73 Å². The van der Waals surface area contributed by atoms with Crippen LogP contribution in [0.25, 0.3) is 0 Å². The van der Waals surface area contributed by atoms with Crippen LogP contribution in [0.4, 0.5) is 0 Å². The molecule has 118 valence electrons. The maximum absolute atomic E-state index is 12.4. The lowest BCUT2D eigenvalue weighted by Crippen LogP contribution is -2.47. The van der Waals surface area contributed by atoms with Gasteiger partial charge in [-0.3, -0.25) is 9.69 Å². The Morgan fingerprint density at radius 3 is 2.35 bits per heavy atom. The van der Waals surface area contributed by atoms with Crippen LogP contribution < -0.4 is 5.73 Å². The van der Waals surface area contributed by atoms with Crippen LogP contribution in [0.1, 0.15) is 52.9 Å². The van der Waals surface area contributed by atoms with Crippen LogP contribution in [0.3, 0.4) is 0 Å². The molecule has 0 radical (unpaired) electrons. The fourth-order valence-electron chi connectivity index (χ4n) is 2.92. The average Bonchev–Trinajstić information content (AvgIpc) is 2.46. The van der Waals surface area contributed by atoms with Gasteiger partial charge in [0.25, 0.3) is 0 Å². The Balaban J connectivity index is 2.49. The summed E-state index contributed by atoms with van der Waals surface area (Å²) in [6, 6.07) is 0.456. The van der Waals surface area contributed by atoms with Crippen LogP contribution in [0.2, 0.25) is 0 Å². The summed E-state index contributed by atoms with van der Waals surface area (Å²) in [5.41, 5.74) is 5.86. The zero-order valence-electron chi connectivity index (χ0n) is 13.8. The van der Waals surface area contributed by atoms with Gasteiger partial charge in [0, 0.05) is 19.6 Å². The van der Waals surface area contributed by atoms with Crippen molar-refractivity contribution in [3.05, 3.63) is 0 Å². The summed E-state index contributed by atoms with van der Waals surface area (Å²) in [6.07, 6.45) is 6.19. The number of likely N-dealkylation sites (N-methyl/N-ethyl adjacent to an activating group) is 2.